The van der Waals surface area contributed by atoms with Crippen molar-refractivity contribution < 1.29 is 18.5 Å². The second-order valence-electron chi connectivity index (χ2n) is 6.70. The van der Waals surface area contributed by atoms with Crippen LogP contribution in [0.5, 0.6) is 0 Å². The normalized spacial score (nSPS) is 20.3. The third-order valence-electron chi connectivity index (χ3n) is 4.79. The van der Waals surface area contributed by atoms with E-state index in [-0.39, 0.29) is 18.1 Å². The van der Waals surface area contributed by atoms with Gasteiger partial charge in [-0.05, 0) is 36.4 Å². The molecule has 1 saturated heterocycles. The van der Waals surface area contributed by atoms with Gasteiger partial charge in [-0.2, -0.15) is 10.1 Å². The first-order chi connectivity index (χ1) is 14.5. The fourth-order valence-electron chi connectivity index (χ4n) is 3.40. The van der Waals surface area contributed by atoms with Crippen molar-refractivity contribution in [2.45, 2.75) is 18.6 Å². The smallest absolute Gasteiger partial charge is 0.263 e. The van der Waals surface area contributed by atoms with Crippen LogP contribution in [-0.4, -0.2) is 39.0 Å². The second kappa shape index (κ2) is 6.99. The summed E-state index contributed by atoms with van der Waals surface area (Å²) in [6.07, 6.45) is 0. The maximum Gasteiger partial charge on any atom is 0.263 e. The van der Waals surface area contributed by atoms with E-state index in [4.69, 9.17) is 16.1 Å². The van der Waals surface area contributed by atoms with Crippen molar-refractivity contribution in [3.05, 3.63) is 65.3 Å². The highest BCUT2D eigenvalue weighted by molar-refractivity contribution is 6.30. The van der Waals surface area contributed by atoms with Gasteiger partial charge in [-0.3, -0.25) is 14.6 Å². The number of halogens is 2. The Kier molecular flexibility index (Phi) is 4.28. The predicted molar refractivity (Wildman–Crippen MR) is 102 cm³/mol. The van der Waals surface area contributed by atoms with Crippen molar-refractivity contribution in [1.29, 1.82) is 0 Å². The highest BCUT2D eigenvalue weighted by atomic mass is 35.5. The number of rotatable bonds is 4. The molecule has 30 heavy (non-hydrogen) atoms. The van der Waals surface area contributed by atoms with Crippen LogP contribution in [0, 0.1) is 5.82 Å². The van der Waals surface area contributed by atoms with Crippen molar-refractivity contribution in [3.63, 3.8) is 0 Å². The maximum atomic E-state index is 13.2. The Morgan fingerprint density at radius 2 is 1.90 bits per heavy atom. The van der Waals surface area contributed by atoms with Gasteiger partial charge in [0.15, 0.2) is 12.1 Å². The van der Waals surface area contributed by atoms with Gasteiger partial charge in [-0.25, -0.2) is 9.29 Å². The highest BCUT2D eigenvalue weighted by Crippen LogP contribution is 2.33. The molecule has 5 rings (SSSR count). The van der Waals surface area contributed by atoms with Crippen molar-refractivity contribution in [3.8, 4) is 11.4 Å². The molecule has 0 unspecified atom stereocenters. The standard InChI is InChI=1S/C19H12ClFN6O3/c20-11-3-1-2-10(8-11)17-22-14(30-24-17)9-26-16-15(23-25-26)18(28)27(19(16)29)13-6-4-12(21)5-7-13/h1-8,15-16H,9H2/t15-,16-/m1/s1. The zero-order chi connectivity index (χ0) is 20.8. The van der Waals surface area contributed by atoms with Crippen LogP contribution in [-0.2, 0) is 16.1 Å². The Bertz CT molecular complexity index is 1180. The minimum atomic E-state index is -0.974. The molecule has 0 N–H and O–H groups in total. The fourth-order valence-corrected chi connectivity index (χ4v) is 3.59. The molecule has 3 heterocycles. The SMILES string of the molecule is O=C1[C@@H]2N=NN(Cc3nc(-c4cccc(Cl)c4)no3)[C@H]2C(=O)N1c1ccc(F)cc1. The lowest BCUT2D eigenvalue weighted by atomic mass is 10.1. The van der Waals surface area contributed by atoms with Crippen molar-refractivity contribution in [1.82, 2.24) is 15.1 Å². The Balaban J connectivity index is 1.36. The zero-order valence-electron chi connectivity index (χ0n) is 15.1. The molecule has 0 radical (unpaired) electrons. The summed E-state index contributed by atoms with van der Waals surface area (Å²) in [5.74, 6) is -0.956. The van der Waals surface area contributed by atoms with E-state index in [1.165, 1.54) is 29.3 Å². The van der Waals surface area contributed by atoms with Crippen LogP contribution in [0.2, 0.25) is 5.02 Å². The number of anilines is 1. The lowest BCUT2D eigenvalue weighted by Gasteiger charge is -2.19. The number of carbonyl (C=O) groups excluding carboxylic acids is 2. The Morgan fingerprint density at radius 3 is 2.67 bits per heavy atom. The average molecular weight is 427 g/mol. The van der Waals surface area contributed by atoms with E-state index >= 15 is 0 Å². The highest BCUT2D eigenvalue weighted by Gasteiger charge is 2.55. The summed E-state index contributed by atoms with van der Waals surface area (Å²) in [5.41, 5.74) is 0.949. The van der Waals surface area contributed by atoms with Crippen LogP contribution in [0.15, 0.2) is 63.4 Å². The van der Waals surface area contributed by atoms with Gasteiger partial charge in [0, 0.05) is 10.6 Å². The van der Waals surface area contributed by atoms with Crippen LogP contribution in [0.1, 0.15) is 5.89 Å². The van der Waals surface area contributed by atoms with E-state index < -0.39 is 29.7 Å². The number of amides is 2. The van der Waals surface area contributed by atoms with Gasteiger partial charge < -0.3 is 4.52 Å². The first kappa shape index (κ1) is 18.4. The van der Waals surface area contributed by atoms with Gasteiger partial charge in [-0.15, -0.1) is 0 Å². The maximum absolute atomic E-state index is 13.2. The number of nitrogens with zero attached hydrogens (tertiary/aromatic N) is 6. The van der Waals surface area contributed by atoms with E-state index in [1.54, 1.807) is 24.3 Å². The summed E-state index contributed by atoms with van der Waals surface area (Å²) in [5, 5.41) is 13.7. The van der Waals surface area contributed by atoms with Gasteiger partial charge in [0.25, 0.3) is 11.8 Å². The summed E-state index contributed by atoms with van der Waals surface area (Å²) in [7, 11) is 0. The van der Waals surface area contributed by atoms with Gasteiger partial charge in [0.2, 0.25) is 11.7 Å². The molecule has 2 aliphatic heterocycles. The molecule has 1 fully saturated rings. The third-order valence-corrected chi connectivity index (χ3v) is 5.03. The molecule has 0 spiro atoms. The molecule has 11 heteroatoms. The number of aromatic nitrogens is 2. The van der Waals surface area contributed by atoms with Crippen LogP contribution < -0.4 is 4.90 Å². The minimum Gasteiger partial charge on any atom is -0.337 e. The molecule has 0 saturated carbocycles. The molecule has 0 bridgehead atoms. The first-order valence-corrected chi connectivity index (χ1v) is 9.28. The van der Waals surface area contributed by atoms with Crippen LogP contribution in [0.3, 0.4) is 0 Å². The van der Waals surface area contributed by atoms with Crippen LogP contribution in [0.4, 0.5) is 10.1 Å². The summed E-state index contributed by atoms with van der Waals surface area (Å²) in [6.45, 7) is -0.00545. The molecule has 150 valence electrons. The quantitative estimate of drug-likeness (QED) is 0.594. The monoisotopic (exact) mass is 426 g/mol. The Labute approximate surface area is 173 Å². The fraction of sp³-hybridized carbons (Fsp3) is 0.158. The van der Waals surface area contributed by atoms with Gasteiger partial charge in [0.1, 0.15) is 12.4 Å². The van der Waals surface area contributed by atoms with Gasteiger partial charge in [-0.1, -0.05) is 34.1 Å². The van der Waals surface area contributed by atoms with E-state index in [2.05, 4.69) is 20.5 Å². The third kappa shape index (κ3) is 3.01. The molecular formula is C19H12ClFN6O3. The molecule has 0 aliphatic carbocycles. The minimum absolute atomic E-state index is 0.00545. The number of benzene rings is 2. The van der Waals surface area contributed by atoms with E-state index in [0.29, 0.717) is 16.4 Å². The topological polar surface area (TPSA) is 104 Å². The second-order valence-corrected chi connectivity index (χ2v) is 7.14. The molecule has 3 aromatic rings. The molecule has 2 amide bonds. The van der Waals surface area contributed by atoms with Crippen molar-refractivity contribution >= 4 is 29.1 Å². The van der Waals surface area contributed by atoms with Gasteiger partial charge in [0.05, 0.1) is 5.69 Å². The van der Waals surface area contributed by atoms with Crippen LogP contribution >= 0.6 is 11.6 Å². The number of hydrogen-bond donors (Lipinski definition) is 0. The van der Waals surface area contributed by atoms with Gasteiger partial charge >= 0.3 is 0 Å². The first-order valence-electron chi connectivity index (χ1n) is 8.90. The lowest BCUT2D eigenvalue weighted by Crippen LogP contribution is -2.39. The number of hydrogen-bond acceptors (Lipinski definition) is 8. The van der Waals surface area contributed by atoms with Crippen LogP contribution in [0.25, 0.3) is 11.4 Å². The molecule has 1 aromatic heterocycles. The zero-order valence-corrected chi connectivity index (χ0v) is 15.9. The number of fused-ring (bicyclic) bond motifs is 1. The number of imide groups is 1. The summed E-state index contributed by atoms with van der Waals surface area (Å²) in [6, 6.07) is 10.2. The molecule has 9 nitrogen and oxygen atoms in total. The Hall–Kier alpha value is -3.66. The average Bonchev–Trinajstić information content (AvgIpc) is 3.42. The number of carbonyl (C=O) groups is 2. The molecule has 2 aliphatic rings. The van der Waals surface area contributed by atoms with Crippen molar-refractivity contribution in [2.75, 3.05) is 4.90 Å². The lowest BCUT2D eigenvalue weighted by molar-refractivity contribution is -0.123. The molecule has 2 atom stereocenters. The van der Waals surface area contributed by atoms with E-state index in [1.807, 2.05) is 0 Å². The largest absolute Gasteiger partial charge is 0.337 e. The summed E-state index contributed by atoms with van der Waals surface area (Å²) in [4.78, 5) is 30.9. The Morgan fingerprint density at radius 1 is 1.10 bits per heavy atom. The summed E-state index contributed by atoms with van der Waals surface area (Å²) < 4.78 is 18.4. The van der Waals surface area contributed by atoms with E-state index in [0.717, 1.165) is 4.90 Å². The molecule has 2 aromatic carbocycles. The van der Waals surface area contributed by atoms with E-state index in [9.17, 15) is 14.0 Å². The molecular weight excluding hydrogens is 415 g/mol. The predicted octanol–water partition coefficient (Wildman–Crippen LogP) is 3.02. The van der Waals surface area contributed by atoms with Crippen molar-refractivity contribution in [2.24, 2.45) is 10.3 Å². The summed E-state index contributed by atoms with van der Waals surface area (Å²) >= 11 is 5.99.